The van der Waals surface area contributed by atoms with Crippen molar-refractivity contribution in [3.05, 3.63) is 46.1 Å². The fraction of sp³-hybridized carbons (Fsp3) is 0.545. The number of urea groups is 1. The second kappa shape index (κ2) is 8.16. The number of aliphatic carboxylic acids is 1. The summed E-state index contributed by atoms with van der Waals surface area (Å²) in [4.78, 5) is 24.8. The molecule has 1 heterocycles. The van der Waals surface area contributed by atoms with Gasteiger partial charge in [-0.2, -0.15) is 0 Å². The van der Waals surface area contributed by atoms with Crippen molar-refractivity contribution in [2.24, 2.45) is 11.3 Å². The lowest BCUT2D eigenvalue weighted by atomic mass is 9.78. The van der Waals surface area contributed by atoms with Crippen LogP contribution in [0.2, 0.25) is 5.02 Å². The molecule has 0 bridgehead atoms. The summed E-state index contributed by atoms with van der Waals surface area (Å²) in [6, 6.07) is 5.53. The third-order valence-electron chi connectivity index (χ3n) is 5.19. The van der Waals surface area contributed by atoms with E-state index in [0.29, 0.717) is 5.02 Å². The maximum absolute atomic E-state index is 12.5. The number of carboxylic acid groups (broad SMARTS) is 1. The van der Waals surface area contributed by atoms with Crippen molar-refractivity contribution in [3.63, 3.8) is 0 Å². The first-order valence-corrected chi connectivity index (χ1v) is 10.0. The van der Waals surface area contributed by atoms with Gasteiger partial charge in [0.25, 0.3) is 0 Å². The molecule has 28 heavy (non-hydrogen) atoms. The standard InChI is InChI=1S/C22H31ClN2O3/c1-14(2)17-12-25(13-19(26)27)20(28)24-22(17,6)16-8-7-15(18(23)11-16)9-10-21(3,4)5/h7-8,11-12,14H,9-10,13H2,1-6H3,(H,24,28)(H,26,27)/t22-/m1/s1. The number of carbonyl (C=O) groups excluding carboxylic acids is 1. The van der Waals surface area contributed by atoms with Crippen molar-refractivity contribution in [1.82, 2.24) is 10.2 Å². The number of nitrogens with zero attached hydrogens (tertiary/aromatic N) is 1. The van der Waals surface area contributed by atoms with E-state index in [9.17, 15) is 9.59 Å². The third-order valence-corrected chi connectivity index (χ3v) is 5.54. The molecule has 1 aliphatic rings. The summed E-state index contributed by atoms with van der Waals surface area (Å²) < 4.78 is 0. The van der Waals surface area contributed by atoms with Crippen LogP contribution in [0.3, 0.4) is 0 Å². The minimum atomic E-state index is -1.05. The number of carbonyl (C=O) groups is 2. The van der Waals surface area contributed by atoms with Crippen LogP contribution >= 0.6 is 11.6 Å². The Bertz CT molecular complexity index is 795. The first-order chi connectivity index (χ1) is 12.8. The highest BCUT2D eigenvalue weighted by Crippen LogP contribution is 2.38. The number of halogens is 1. The van der Waals surface area contributed by atoms with Gasteiger partial charge in [-0.1, -0.05) is 58.4 Å². The number of nitrogens with one attached hydrogen (secondary N) is 1. The lowest BCUT2D eigenvalue weighted by molar-refractivity contribution is -0.137. The van der Waals surface area contributed by atoms with Gasteiger partial charge in [-0.3, -0.25) is 9.69 Å². The number of carboxylic acids is 1. The largest absolute Gasteiger partial charge is 0.480 e. The number of amides is 2. The van der Waals surface area contributed by atoms with E-state index in [1.54, 1.807) is 6.20 Å². The fourth-order valence-corrected chi connectivity index (χ4v) is 3.79. The molecule has 2 amide bonds. The second-order valence-electron chi connectivity index (χ2n) is 9.18. The van der Waals surface area contributed by atoms with E-state index in [4.69, 9.17) is 16.7 Å². The molecule has 6 heteroatoms. The van der Waals surface area contributed by atoms with Crippen molar-refractivity contribution in [1.29, 1.82) is 0 Å². The molecule has 2 rings (SSSR count). The lowest BCUT2D eigenvalue weighted by Gasteiger charge is -2.42. The van der Waals surface area contributed by atoms with Crippen LogP contribution in [0.5, 0.6) is 0 Å². The van der Waals surface area contributed by atoms with Gasteiger partial charge in [0, 0.05) is 11.2 Å². The summed E-state index contributed by atoms with van der Waals surface area (Å²) in [5, 5.41) is 12.7. The third kappa shape index (κ3) is 5.07. The number of benzene rings is 1. The SMILES string of the molecule is CC(C)C1=CN(CC(=O)O)C(=O)N[C@]1(C)c1ccc(CCC(C)(C)C)c(Cl)c1. The van der Waals surface area contributed by atoms with Gasteiger partial charge in [0.15, 0.2) is 0 Å². The van der Waals surface area contributed by atoms with Crippen LogP contribution < -0.4 is 5.32 Å². The van der Waals surface area contributed by atoms with E-state index in [0.717, 1.165) is 29.5 Å². The molecule has 0 aliphatic carbocycles. The van der Waals surface area contributed by atoms with Crippen LogP contribution in [-0.2, 0) is 16.8 Å². The van der Waals surface area contributed by atoms with Gasteiger partial charge < -0.3 is 10.4 Å². The fourth-order valence-electron chi connectivity index (χ4n) is 3.51. The molecule has 0 radical (unpaired) electrons. The van der Waals surface area contributed by atoms with Crippen LogP contribution in [0, 0.1) is 11.3 Å². The van der Waals surface area contributed by atoms with Crippen LogP contribution in [0.4, 0.5) is 4.79 Å². The van der Waals surface area contributed by atoms with Crippen molar-refractivity contribution >= 4 is 23.6 Å². The molecule has 1 aliphatic heterocycles. The number of aryl methyl sites for hydroxylation is 1. The summed E-state index contributed by atoms with van der Waals surface area (Å²) >= 11 is 6.58. The molecular formula is C22H31ClN2O3. The van der Waals surface area contributed by atoms with E-state index in [-0.39, 0.29) is 17.9 Å². The van der Waals surface area contributed by atoms with E-state index in [1.807, 2.05) is 39.0 Å². The Morgan fingerprint density at radius 2 is 1.96 bits per heavy atom. The van der Waals surface area contributed by atoms with Crippen LogP contribution in [0.25, 0.3) is 0 Å². The zero-order valence-electron chi connectivity index (χ0n) is 17.6. The zero-order chi connectivity index (χ0) is 21.3. The molecule has 0 saturated heterocycles. The molecule has 5 nitrogen and oxygen atoms in total. The van der Waals surface area contributed by atoms with Gasteiger partial charge in [0.2, 0.25) is 0 Å². The maximum atomic E-state index is 12.5. The van der Waals surface area contributed by atoms with Gasteiger partial charge in [0.1, 0.15) is 6.54 Å². The smallest absolute Gasteiger partial charge is 0.323 e. The summed E-state index contributed by atoms with van der Waals surface area (Å²) in [6.45, 7) is 12.2. The van der Waals surface area contributed by atoms with Gasteiger partial charge in [-0.15, -0.1) is 0 Å². The van der Waals surface area contributed by atoms with Gasteiger partial charge in [0.05, 0.1) is 5.54 Å². The summed E-state index contributed by atoms with van der Waals surface area (Å²) in [7, 11) is 0. The monoisotopic (exact) mass is 406 g/mol. The lowest BCUT2D eigenvalue weighted by Crippen LogP contribution is -2.55. The first kappa shape index (κ1) is 22.3. The Hall–Kier alpha value is -2.01. The van der Waals surface area contributed by atoms with Crippen LogP contribution in [0.15, 0.2) is 30.0 Å². The average molecular weight is 407 g/mol. The van der Waals surface area contributed by atoms with Gasteiger partial charge >= 0.3 is 12.0 Å². The molecule has 0 spiro atoms. The number of hydrogen-bond acceptors (Lipinski definition) is 2. The van der Waals surface area contributed by atoms with Gasteiger partial charge in [-0.05, 0) is 53.9 Å². The number of rotatable bonds is 6. The van der Waals surface area contributed by atoms with E-state index >= 15 is 0 Å². The molecule has 1 aromatic carbocycles. The predicted octanol–water partition coefficient (Wildman–Crippen LogP) is 5.18. The highest BCUT2D eigenvalue weighted by Gasteiger charge is 2.40. The average Bonchev–Trinajstić information content (AvgIpc) is 2.54. The van der Waals surface area contributed by atoms with Crippen molar-refractivity contribution in [2.45, 2.75) is 59.9 Å². The Morgan fingerprint density at radius 1 is 1.32 bits per heavy atom. The topological polar surface area (TPSA) is 69.6 Å². The molecule has 2 N–H and O–H groups in total. The summed E-state index contributed by atoms with van der Waals surface area (Å²) in [6.07, 6.45) is 3.59. The molecule has 0 fully saturated rings. The highest BCUT2D eigenvalue weighted by molar-refractivity contribution is 6.31. The Morgan fingerprint density at radius 3 is 2.46 bits per heavy atom. The Kier molecular flexibility index (Phi) is 6.49. The van der Waals surface area contributed by atoms with E-state index in [1.165, 1.54) is 4.90 Å². The molecule has 0 saturated carbocycles. The normalized spacial score (nSPS) is 20.2. The van der Waals surface area contributed by atoms with Crippen molar-refractivity contribution < 1.29 is 14.7 Å². The predicted molar refractivity (Wildman–Crippen MR) is 112 cm³/mol. The molecule has 0 aromatic heterocycles. The summed E-state index contributed by atoms with van der Waals surface area (Å²) in [5.74, 6) is -0.939. The molecule has 0 unspecified atom stereocenters. The highest BCUT2D eigenvalue weighted by atomic mass is 35.5. The van der Waals surface area contributed by atoms with E-state index in [2.05, 4.69) is 26.1 Å². The Labute approximate surface area is 172 Å². The minimum Gasteiger partial charge on any atom is -0.480 e. The second-order valence-corrected chi connectivity index (χ2v) is 9.59. The van der Waals surface area contributed by atoms with E-state index < -0.39 is 17.5 Å². The van der Waals surface area contributed by atoms with Crippen molar-refractivity contribution in [3.8, 4) is 0 Å². The zero-order valence-corrected chi connectivity index (χ0v) is 18.4. The number of hydrogen-bond donors (Lipinski definition) is 2. The minimum absolute atomic E-state index is 0.112. The Balaban J connectivity index is 2.40. The first-order valence-electron chi connectivity index (χ1n) is 9.65. The van der Waals surface area contributed by atoms with Crippen LogP contribution in [0.1, 0.15) is 59.1 Å². The van der Waals surface area contributed by atoms with Gasteiger partial charge in [-0.25, -0.2) is 4.79 Å². The van der Waals surface area contributed by atoms with Crippen molar-refractivity contribution in [2.75, 3.05) is 6.54 Å². The molecular weight excluding hydrogens is 376 g/mol. The molecule has 154 valence electrons. The maximum Gasteiger partial charge on any atom is 0.323 e. The summed E-state index contributed by atoms with van der Waals surface area (Å²) in [5.41, 5.74) is 2.40. The molecule has 1 atom stereocenters. The quantitative estimate of drug-likeness (QED) is 0.683. The molecule has 1 aromatic rings. The van der Waals surface area contributed by atoms with Crippen LogP contribution in [-0.4, -0.2) is 28.6 Å².